The van der Waals surface area contributed by atoms with Crippen LogP contribution in [0, 0.1) is 0 Å². The summed E-state index contributed by atoms with van der Waals surface area (Å²) < 4.78 is 10.0. The van der Waals surface area contributed by atoms with Crippen LogP contribution in [-0.4, -0.2) is 18.4 Å². The van der Waals surface area contributed by atoms with Crippen molar-refractivity contribution in [1.82, 2.24) is 0 Å². The Balaban J connectivity index is 2.02. The molecule has 1 rings (SSSR count). The molecule has 0 amide bonds. The molecule has 1 aliphatic rings. The third-order valence-electron chi connectivity index (χ3n) is 3.17. The zero-order valence-electron chi connectivity index (χ0n) is 10.8. The van der Waals surface area contributed by atoms with E-state index in [4.69, 9.17) is 9.47 Å². The summed E-state index contributed by atoms with van der Waals surface area (Å²) >= 11 is 0. The molecule has 0 bridgehead atoms. The third-order valence-corrected chi connectivity index (χ3v) is 3.17. The molecule has 1 aliphatic heterocycles. The van der Waals surface area contributed by atoms with E-state index in [-0.39, 0.29) is 12.2 Å². The molecule has 17 heavy (non-hydrogen) atoms. The highest BCUT2D eigenvalue weighted by Crippen LogP contribution is 2.21. The number of rotatable bonds is 9. The smallest absolute Gasteiger partial charge is 0.427 e. The standard InChI is InChI=1S/C14H24O3/c1-3-5-6-7-8-9-10-11-13-12(4-2)16-14(15)17-13/h4,12-13H,2-3,5-11H2,1H3. The molecule has 0 aromatic rings. The minimum Gasteiger partial charge on any atom is -0.427 e. The van der Waals surface area contributed by atoms with Gasteiger partial charge in [-0.25, -0.2) is 4.79 Å². The minimum absolute atomic E-state index is 0.115. The van der Waals surface area contributed by atoms with Crippen molar-refractivity contribution >= 4 is 6.16 Å². The van der Waals surface area contributed by atoms with Crippen molar-refractivity contribution in [3.05, 3.63) is 12.7 Å². The predicted octanol–water partition coefficient (Wildman–Crippen LogP) is 4.22. The van der Waals surface area contributed by atoms with Crippen LogP contribution in [0.5, 0.6) is 0 Å². The van der Waals surface area contributed by atoms with E-state index in [1.54, 1.807) is 6.08 Å². The summed E-state index contributed by atoms with van der Waals surface area (Å²) in [5.74, 6) is 0. The van der Waals surface area contributed by atoms with Gasteiger partial charge >= 0.3 is 6.16 Å². The zero-order chi connectivity index (χ0) is 12.5. The second-order valence-electron chi connectivity index (χ2n) is 4.63. The SMILES string of the molecule is C=CC1OC(=O)OC1CCCCCCCCC. The van der Waals surface area contributed by atoms with Gasteiger partial charge in [0.1, 0.15) is 6.10 Å². The van der Waals surface area contributed by atoms with Gasteiger partial charge < -0.3 is 9.47 Å². The molecule has 2 unspecified atom stereocenters. The summed E-state index contributed by atoms with van der Waals surface area (Å²) in [5, 5.41) is 0. The first kappa shape index (κ1) is 14.1. The summed E-state index contributed by atoms with van der Waals surface area (Å²) in [5.41, 5.74) is 0. The van der Waals surface area contributed by atoms with E-state index in [0.29, 0.717) is 0 Å². The molecule has 0 N–H and O–H groups in total. The van der Waals surface area contributed by atoms with Crippen molar-refractivity contribution in [3.8, 4) is 0 Å². The molecule has 2 atom stereocenters. The zero-order valence-corrected chi connectivity index (χ0v) is 10.8. The summed E-state index contributed by atoms with van der Waals surface area (Å²) in [7, 11) is 0. The summed E-state index contributed by atoms with van der Waals surface area (Å²) in [6.45, 7) is 5.87. The van der Waals surface area contributed by atoms with Crippen LogP contribution in [0.15, 0.2) is 12.7 Å². The predicted molar refractivity (Wildman–Crippen MR) is 67.9 cm³/mol. The molecule has 0 aromatic carbocycles. The van der Waals surface area contributed by atoms with E-state index in [9.17, 15) is 4.79 Å². The fourth-order valence-corrected chi connectivity index (χ4v) is 2.13. The van der Waals surface area contributed by atoms with Gasteiger partial charge in [-0.05, 0) is 18.9 Å². The molecule has 0 aliphatic carbocycles. The van der Waals surface area contributed by atoms with E-state index in [0.717, 1.165) is 12.8 Å². The number of unbranched alkanes of at least 4 members (excludes halogenated alkanes) is 6. The van der Waals surface area contributed by atoms with Crippen molar-refractivity contribution in [2.24, 2.45) is 0 Å². The lowest BCUT2D eigenvalue weighted by molar-refractivity contribution is 0.115. The van der Waals surface area contributed by atoms with Crippen LogP contribution >= 0.6 is 0 Å². The average Bonchev–Trinajstić information content (AvgIpc) is 2.68. The van der Waals surface area contributed by atoms with Gasteiger partial charge in [0.2, 0.25) is 0 Å². The van der Waals surface area contributed by atoms with Crippen molar-refractivity contribution in [2.75, 3.05) is 0 Å². The first-order chi connectivity index (χ1) is 8.27. The van der Waals surface area contributed by atoms with E-state index in [1.807, 2.05) is 0 Å². The quantitative estimate of drug-likeness (QED) is 0.344. The van der Waals surface area contributed by atoms with Crippen molar-refractivity contribution < 1.29 is 14.3 Å². The van der Waals surface area contributed by atoms with Crippen molar-refractivity contribution in [2.45, 2.75) is 70.5 Å². The largest absolute Gasteiger partial charge is 0.509 e. The number of carbonyl (C=O) groups excluding carboxylic acids is 1. The second-order valence-corrected chi connectivity index (χ2v) is 4.63. The molecule has 3 heteroatoms. The Bertz CT molecular complexity index is 238. The fourth-order valence-electron chi connectivity index (χ4n) is 2.13. The van der Waals surface area contributed by atoms with Crippen LogP contribution < -0.4 is 0 Å². The molecular weight excluding hydrogens is 216 g/mol. The average molecular weight is 240 g/mol. The normalized spacial score (nSPS) is 23.2. The summed E-state index contributed by atoms with van der Waals surface area (Å²) in [6, 6.07) is 0. The van der Waals surface area contributed by atoms with Crippen LogP contribution in [0.3, 0.4) is 0 Å². The van der Waals surface area contributed by atoms with Gasteiger partial charge in [-0.15, -0.1) is 0 Å². The maximum absolute atomic E-state index is 10.9. The van der Waals surface area contributed by atoms with Crippen LogP contribution in [0.25, 0.3) is 0 Å². The molecule has 0 spiro atoms. The highest BCUT2D eigenvalue weighted by molar-refractivity contribution is 5.62. The van der Waals surface area contributed by atoms with Gasteiger partial charge in [0.05, 0.1) is 0 Å². The number of hydrogen-bond donors (Lipinski definition) is 0. The van der Waals surface area contributed by atoms with E-state index < -0.39 is 6.16 Å². The molecule has 0 aromatic heterocycles. The highest BCUT2D eigenvalue weighted by atomic mass is 16.8. The number of carbonyl (C=O) groups is 1. The Morgan fingerprint density at radius 1 is 1.12 bits per heavy atom. The number of cyclic esters (lactones) is 2. The van der Waals surface area contributed by atoms with Crippen LogP contribution in [0.4, 0.5) is 4.79 Å². The number of ether oxygens (including phenoxy) is 2. The van der Waals surface area contributed by atoms with Gasteiger partial charge in [-0.1, -0.05) is 52.0 Å². The van der Waals surface area contributed by atoms with Crippen LogP contribution in [-0.2, 0) is 9.47 Å². The van der Waals surface area contributed by atoms with Gasteiger partial charge in [0.25, 0.3) is 0 Å². The van der Waals surface area contributed by atoms with E-state index in [2.05, 4.69) is 13.5 Å². The first-order valence-electron chi connectivity index (χ1n) is 6.77. The molecular formula is C14H24O3. The first-order valence-corrected chi connectivity index (χ1v) is 6.77. The molecule has 0 radical (unpaired) electrons. The molecule has 3 nitrogen and oxygen atoms in total. The molecule has 1 heterocycles. The van der Waals surface area contributed by atoms with Crippen LogP contribution in [0.2, 0.25) is 0 Å². The Morgan fingerprint density at radius 2 is 1.76 bits per heavy atom. The molecule has 0 saturated carbocycles. The van der Waals surface area contributed by atoms with Gasteiger partial charge in [-0.3, -0.25) is 0 Å². The van der Waals surface area contributed by atoms with Crippen molar-refractivity contribution in [1.29, 1.82) is 0 Å². The summed E-state index contributed by atoms with van der Waals surface area (Å²) in [4.78, 5) is 10.9. The lowest BCUT2D eigenvalue weighted by atomic mass is 10.0. The molecule has 1 saturated heterocycles. The molecule has 1 fully saturated rings. The third kappa shape index (κ3) is 5.24. The fraction of sp³-hybridized carbons (Fsp3) is 0.786. The van der Waals surface area contributed by atoms with Gasteiger partial charge in [0.15, 0.2) is 6.10 Å². The van der Waals surface area contributed by atoms with Crippen LogP contribution in [0.1, 0.15) is 58.3 Å². The lowest BCUT2D eigenvalue weighted by Crippen LogP contribution is -2.19. The Morgan fingerprint density at radius 3 is 2.41 bits per heavy atom. The number of hydrogen-bond acceptors (Lipinski definition) is 3. The van der Waals surface area contributed by atoms with Crippen molar-refractivity contribution in [3.63, 3.8) is 0 Å². The maximum atomic E-state index is 10.9. The Kier molecular flexibility index (Phi) is 6.75. The van der Waals surface area contributed by atoms with Gasteiger partial charge in [-0.2, -0.15) is 0 Å². The monoisotopic (exact) mass is 240 g/mol. The Hall–Kier alpha value is -0.990. The topological polar surface area (TPSA) is 35.5 Å². The lowest BCUT2D eigenvalue weighted by Gasteiger charge is -2.11. The molecule has 98 valence electrons. The Labute approximate surface area is 104 Å². The van der Waals surface area contributed by atoms with Gasteiger partial charge in [0, 0.05) is 0 Å². The summed E-state index contributed by atoms with van der Waals surface area (Å²) in [6.07, 6.45) is 10.5. The highest BCUT2D eigenvalue weighted by Gasteiger charge is 2.33. The second kappa shape index (κ2) is 8.15. The van der Waals surface area contributed by atoms with E-state index in [1.165, 1.54) is 38.5 Å². The van der Waals surface area contributed by atoms with E-state index >= 15 is 0 Å². The maximum Gasteiger partial charge on any atom is 0.509 e. The minimum atomic E-state index is -0.553.